The van der Waals surface area contributed by atoms with E-state index in [1.807, 2.05) is 6.07 Å². The molecule has 140 valence electrons. The molecule has 4 rings (SSSR count). The Balaban J connectivity index is 1.39. The number of thiophene rings is 1. The lowest BCUT2D eigenvalue weighted by Crippen LogP contribution is -2.13. The summed E-state index contributed by atoms with van der Waals surface area (Å²) >= 11 is 2.97. The van der Waals surface area contributed by atoms with Crippen molar-refractivity contribution in [1.82, 2.24) is 9.97 Å². The Hall–Kier alpha value is -2.32. The van der Waals surface area contributed by atoms with Crippen molar-refractivity contribution in [2.75, 3.05) is 12.9 Å². The van der Waals surface area contributed by atoms with Crippen molar-refractivity contribution >= 4 is 39.3 Å². The van der Waals surface area contributed by atoms with Gasteiger partial charge in [-0.3, -0.25) is 9.59 Å². The average molecular weight is 402 g/mol. The molecular formula is C19H18N2O4S2. The van der Waals surface area contributed by atoms with Crippen LogP contribution < -0.4 is 15.0 Å². The van der Waals surface area contributed by atoms with Crippen molar-refractivity contribution in [2.24, 2.45) is 0 Å². The Kier molecular flexibility index (Phi) is 5.18. The molecule has 1 aromatic carbocycles. The molecule has 0 radical (unpaired) electrons. The molecule has 0 atom stereocenters. The highest BCUT2D eigenvalue weighted by Gasteiger charge is 2.21. The summed E-state index contributed by atoms with van der Waals surface area (Å²) in [6.07, 6.45) is 3.11. The van der Waals surface area contributed by atoms with Crippen molar-refractivity contribution in [3.05, 3.63) is 50.9 Å². The second-order valence-electron chi connectivity index (χ2n) is 6.17. The van der Waals surface area contributed by atoms with E-state index in [-0.39, 0.29) is 17.3 Å². The summed E-state index contributed by atoms with van der Waals surface area (Å²) in [5, 5.41) is 0.747. The Morgan fingerprint density at radius 2 is 2.11 bits per heavy atom. The molecule has 0 amide bonds. The van der Waals surface area contributed by atoms with Crippen LogP contribution in [-0.2, 0) is 23.4 Å². The van der Waals surface area contributed by atoms with Crippen LogP contribution in [0.4, 0.5) is 0 Å². The third-order valence-electron chi connectivity index (χ3n) is 4.38. The molecule has 0 saturated heterocycles. The molecule has 27 heavy (non-hydrogen) atoms. The van der Waals surface area contributed by atoms with Gasteiger partial charge < -0.3 is 14.5 Å². The SMILES string of the molecule is COc1ccccc1OC(=O)CSCc1nc2sc3c(c2c(=O)[nH]1)CCC3. The van der Waals surface area contributed by atoms with Gasteiger partial charge in [0.05, 0.1) is 24.0 Å². The van der Waals surface area contributed by atoms with Crippen LogP contribution >= 0.6 is 23.1 Å². The quantitative estimate of drug-likeness (QED) is 0.503. The van der Waals surface area contributed by atoms with Gasteiger partial charge >= 0.3 is 5.97 Å². The van der Waals surface area contributed by atoms with Crippen molar-refractivity contribution < 1.29 is 14.3 Å². The molecular weight excluding hydrogens is 384 g/mol. The first kappa shape index (κ1) is 18.1. The van der Waals surface area contributed by atoms with Gasteiger partial charge in [0.2, 0.25) is 0 Å². The number of thioether (sulfide) groups is 1. The van der Waals surface area contributed by atoms with Gasteiger partial charge in [-0.2, -0.15) is 0 Å². The van der Waals surface area contributed by atoms with Gasteiger partial charge in [-0.1, -0.05) is 12.1 Å². The van der Waals surface area contributed by atoms with E-state index in [9.17, 15) is 9.59 Å². The number of H-pyrrole nitrogens is 1. The zero-order valence-electron chi connectivity index (χ0n) is 14.7. The highest BCUT2D eigenvalue weighted by Crippen LogP contribution is 2.34. The number of hydrogen-bond acceptors (Lipinski definition) is 7. The van der Waals surface area contributed by atoms with Crippen molar-refractivity contribution in [2.45, 2.75) is 25.0 Å². The van der Waals surface area contributed by atoms with E-state index in [1.54, 1.807) is 29.5 Å². The number of rotatable bonds is 6. The van der Waals surface area contributed by atoms with Gasteiger partial charge in [0, 0.05) is 4.88 Å². The number of esters is 1. The molecule has 0 saturated carbocycles. The van der Waals surface area contributed by atoms with E-state index in [0.717, 1.165) is 29.5 Å². The Morgan fingerprint density at radius 3 is 2.93 bits per heavy atom. The Bertz CT molecular complexity index is 1060. The number of carbonyl (C=O) groups is 1. The molecule has 3 aromatic rings. The summed E-state index contributed by atoms with van der Waals surface area (Å²) in [6, 6.07) is 7.01. The molecule has 1 aliphatic carbocycles. The average Bonchev–Trinajstić information content (AvgIpc) is 3.22. The fourth-order valence-electron chi connectivity index (χ4n) is 3.20. The van der Waals surface area contributed by atoms with E-state index in [1.165, 1.54) is 29.3 Å². The molecule has 0 bridgehead atoms. The van der Waals surface area contributed by atoms with Crippen LogP contribution in [0, 0.1) is 0 Å². The van der Waals surface area contributed by atoms with Crippen molar-refractivity contribution in [3.63, 3.8) is 0 Å². The van der Waals surface area contributed by atoms with Gasteiger partial charge in [-0.25, -0.2) is 4.98 Å². The fraction of sp³-hybridized carbons (Fsp3) is 0.316. The standard InChI is InChI=1S/C19H18N2O4S2/c1-24-12-6-2-3-7-13(12)25-16(22)10-26-9-15-20-18(23)17-11-5-4-8-14(11)27-19(17)21-15/h2-3,6-7H,4-5,8-10H2,1H3,(H,20,21,23). The molecule has 0 aliphatic heterocycles. The van der Waals surface area contributed by atoms with E-state index in [2.05, 4.69) is 9.97 Å². The number of methoxy groups -OCH3 is 1. The molecule has 0 unspecified atom stereocenters. The normalized spacial score (nSPS) is 12.9. The Morgan fingerprint density at radius 1 is 1.30 bits per heavy atom. The summed E-state index contributed by atoms with van der Waals surface area (Å²) in [5.74, 6) is 1.71. The zero-order valence-corrected chi connectivity index (χ0v) is 16.4. The molecule has 0 fully saturated rings. The minimum absolute atomic E-state index is 0.0772. The van der Waals surface area contributed by atoms with Gasteiger partial charge in [0.25, 0.3) is 5.56 Å². The lowest BCUT2D eigenvalue weighted by Gasteiger charge is -2.08. The van der Waals surface area contributed by atoms with Crippen molar-refractivity contribution in [3.8, 4) is 11.5 Å². The number of aryl methyl sites for hydroxylation is 2. The molecule has 1 aliphatic rings. The minimum Gasteiger partial charge on any atom is -0.493 e. The molecule has 6 nitrogen and oxygen atoms in total. The molecule has 2 heterocycles. The summed E-state index contributed by atoms with van der Waals surface area (Å²) in [5.41, 5.74) is 1.09. The van der Waals surface area contributed by atoms with E-state index in [4.69, 9.17) is 9.47 Å². The van der Waals surface area contributed by atoms with Gasteiger partial charge in [-0.15, -0.1) is 23.1 Å². The van der Waals surface area contributed by atoms with Gasteiger partial charge in [-0.05, 0) is 37.0 Å². The Labute approximate surface area is 163 Å². The van der Waals surface area contributed by atoms with Gasteiger partial charge in [0.1, 0.15) is 10.7 Å². The third-order valence-corrected chi connectivity index (χ3v) is 6.48. The van der Waals surface area contributed by atoms with Crippen LogP contribution in [0.15, 0.2) is 29.1 Å². The largest absolute Gasteiger partial charge is 0.493 e. The first-order valence-electron chi connectivity index (χ1n) is 8.60. The van der Waals surface area contributed by atoms with Crippen LogP contribution in [-0.4, -0.2) is 28.8 Å². The maximum absolute atomic E-state index is 12.4. The molecule has 2 aromatic heterocycles. The summed E-state index contributed by atoms with van der Waals surface area (Å²) in [7, 11) is 1.53. The number of hydrogen-bond donors (Lipinski definition) is 1. The number of ether oxygens (including phenoxy) is 2. The third kappa shape index (κ3) is 3.72. The van der Waals surface area contributed by atoms with Crippen LogP contribution in [0.5, 0.6) is 11.5 Å². The molecule has 8 heteroatoms. The number of nitrogens with one attached hydrogen (secondary N) is 1. The van der Waals surface area contributed by atoms with Crippen LogP contribution in [0.3, 0.4) is 0 Å². The monoisotopic (exact) mass is 402 g/mol. The van der Waals surface area contributed by atoms with Gasteiger partial charge in [0.15, 0.2) is 11.5 Å². The number of fused-ring (bicyclic) bond motifs is 3. The highest BCUT2D eigenvalue weighted by molar-refractivity contribution is 7.99. The number of para-hydroxylation sites is 2. The second kappa shape index (κ2) is 7.74. The highest BCUT2D eigenvalue weighted by atomic mass is 32.2. The lowest BCUT2D eigenvalue weighted by molar-refractivity contribution is -0.131. The maximum Gasteiger partial charge on any atom is 0.321 e. The van der Waals surface area contributed by atoms with Crippen LogP contribution in [0.25, 0.3) is 10.2 Å². The number of nitrogens with zero attached hydrogens (tertiary/aromatic N) is 1. The lowest BCUT2D eigenvalue weighted by atomic mass is 10.2. The predicted octanol–water partition coefficient (Wildman–Crippen LogP) is 3.32. The molecule has 1 N–H and O–H groups in total. The number of aromatic amines is 1. The smallest absolute Gasteiger partial charge is 0.321 e. The number of benzene rings is 1. The van der Waals surface area contributed by atoms with E-state index >= 15 is 0 Å². The first-order valence-corrected chi connectivity index (χ1v) is 10.6. The number of aromatic nitrogens is 2. The maximum atomic E-state index is 12.4. The predicted molar refractivity (Wildman–Crippen MR) is 107 cm³/mol. The zero-order chi connectivity index (χ0) is 18.8. The number of carbonyl (C=O) groups excluding carboxylic acids is 1. The topological polar surface area (TPSA) is 81.3 Å². The van der Waals surface area contributed by atoms with Crippen LogP contribution in [0.1, 0.15) is 22.7 Å². The van der Waals surface area contributed by atoms with Crippen LogP contribution in [0.2, 0.25) is 0 Å². The summed E-state index contributed by atoms with van der Waals surface area (Å²) in [4.78, 5) is 34.0. The van der Waals surface area contributed by atoms with E-state index < -0.39 is 0 Å². The van der Waals surface area contributed by atoms with E-state index in [0.29, 0.717) is 23.1 Å². The summed E-state index contributed by atoms with van der Waals surface area (Å²) < 4.78 is 10.5. The minimum atomic E-state index is -0.372. The fourth-order valence-corrected chi connectivity index (χ4v) is 5.14. The summed E-state index contributed by atoms with van der Waals surface area (Å²) in [6.45, 7) is 0. The first-order chi connectivity index (χ1) is 13.2. The second-order valence-corrected chi connectivity index (χ2v) is 8.24. The molecule has 0 spiro atoms. The van der Waals surface area contributed by atoms with Crippen molar-refractivity contribution in [1.29, 1.82) is 0 Å².